The van der Waals surface area contributed by atoms with Crippen LogP contribution in [0.4, 0.5) is 4.39 Å². The van der Waals surface area contributed by atoms with E-state index in [0.717, 1.165) is 25.3 Å². The standard InChI is InChI=1S/C11H13ClFNO/c12-9-5-7(13)4-8(11(9)15)10(14)6-2-1-3-6/h4-6,10,15H,1-3,14H2/t10-/m1/s1. The fourth-order valence-electron chi connectivity index (χ4n) is 1.89. The number of hydrogen-bond acceptors (Lipinski definition) is 2. The van der Waals surface area contributed by atoms with Crippen LogP contribution < -0.4 is 5.73 Å². The Labute approximate surface area is 92.9 Å². The van der Waals surface area contributed by atoms with Gasteiger partial charge < -0.3 is 10.8 Å². The average molecular weight is 230 g/mol. The monoisotopic (exact) mass is 229 g/mol. The molecule has 0 unspecified atom stereocenters. The Morgan fingerprint density at radius 2 is 2.13 bits per heavy atom. The van der Waals surface area contributed by atoms with Gasteiger partial charge in [-0.3, -0.25) is 0 Å². The topological polar surface area (TPSA) is 46.2 Å². The van der Waals surface area contributed by atoms with Gasteiger partial charge in [0.2, 0.25) is 0 Å². The molecule has 0 amide bonds. The first-order chi connectivity index (χ1) is 7.09. The Bertz CT molecular complexity index is 379. The van der Waals surface area contributed by atoms with E-state index < -0.39 is 5.82 Å². The molecule has 2 nitrogen and oxygen atoms in total. The van der Waals surface area contributed by atoms with Gasteiger partial charge in [-0.2, -0.15) is 0 Å². The highest BCUT2D eigenvalue weighted by atomic mass is 35.5. The van der Waals surface area contributed by atoms with Crippen molar-refractivity contribution in [1.29, 1.82) is 0 Å². The first kappa shape index (κ1) is 10.7. The van der Waals surface area contributed by atoms with Crippen LogP contribution in [0.15, 0.2) is 12.1 Å². The Kier molecular flexibility index (Phi) is 2.85. The average Bonchev–Trinajstić information content (AvgIpc) is 2.08. The molecule has 0 radical (unpaired) electrons. The van der Waals surface area contributed by atoms with Crippen LogP contribution >= 0.6 is 11.6 Å². The van der Waals surface area contributed by atoms with Crippen molar-refractivity contribution in [1.82, 2.24) is 0 Å². The van der Waals surface area contributed by atoms with E-state index in [1.807, 2.05) is 0 Å². The third-order valence-corrected chi connectivity index (χ3v) is 3.36. The second-order valence-corrected chi connectivity index (χ2v) is 4.45. The van der Waals surface area contributed by atoms with Crippen LogP contribution in [0.2, 0.25) is 5.02 Å². The number of hydrogen-bond donors (Lipinski definition) is 2. The van der Waals surface area contributed by atoms with Gasteiger partial charge in [-0.05, 0) is 30.9 Å². The molecular weight excluding hydrogens is 217 g/mol. The minimum atomic E-state index is -0.456. The maximum Gasteiger partial charge on any atom is 0.139 e. The summed E-state index contributed by atoms with van der Waals surface area (Å²) in [6.45, 7) is 0. The molecule has 2 rings (SSSR count). The van der Waals surface area contributed by atoms with E-state index >= 15 is 0 Å². The summed E-state index contributed by atoms with van der Waals surface area (Å²) in [6.07, 6.45) is 3.23. The van der Waals surface area contributed by atoms with Crippen LogP contribution in [0, 0.1) is 11.7 Å². The Morgan fingerprint density at radius 1 is 1.47 bits per heavy atom. The smallest absolute Gasteiger partial charge is 0.139 e. The van der Waals surface area contributed by atoms with Gasteiger partial charge in [0.1, 0.15) is 11.6 Å². The zero-order chi connectivity index (χ0) is 11.0. The highest BCUT2D eigenvalue weighted by Gasteiger charge is 2.28. The minimum absolute atomic E-state index is 0.0276. The molecule has 0 spiro atoms. The van der Waals surface area contributed by atoms with Crippen molar-refractivity contribution < 1.29 is 9.50 Å². The quantitative estimate of drug-likeness (QED) is 0.819. The van der Waals surface area contributed by atoms with E-state index in [4.69, 9.17) is 17.3 Å². The van der Waals surface area contributed by atoms with Crippen molar-refractivity contribution in [2.45, 2.75) is 25.3 Å². The first-order valence-electron chi connectivity index (χ1n) is 5.03. The number of rotatable bonds is 2. The van der Waals surface area contributed by atoms with Crippen LogP contribution in [-0.2, 0) is 0 Å². The third kappa shape index (κ3) is 1.94. The van der Waals surface area contributed by atoms with Crippen LogP contribution in [0.3, 0.4) is 0 Å². The maximum absolute atomic E-state index is 13.1. The van der Waals surface area contributed by atoms with E-state index in [1.54, 1.807) is 0 Å². The van der Waals surface area contributed by atoms with Crippen molar-refractivity contribution >= 4 is 11.6 Å². The molecular formula is C11H13ClFNO. The summed E-state index contributed by atoms with van der Waals surface area (Å²) in [5.41, 5.74) is 6.37. The lowest BCUT2D eigenvalue weighted by atomic mass is 9.77. The van der Waals surface area contributed by atoms with Gasteiger partial charge in [-0.25, -0.2) is 4.39 Å². The van der Waals surface area contributed by atoms with E-state index in [2.05, 4.69) is 0 Å². The SMILES string of the molecule is N[C@@H](c1cc(F)cc(Cl)c1O)C1CCC1. The lowest BCUT2D eigenvalue weighted by molar-refractivity contribution is 0.260. The molecule has 1 fully saturated rings. The lowest BCUT2D eigenvalue weighted by Gasteiger charge is -2.31. The van der Waals surface area contributed by atoms with Gasteiger partial charge in [0.25, 0.3) is 0 Å². The molecule has 3 N–H and O–H groups in total. The molecule has 1 saturated carbocycles. The predicted molar refractivity (Wildman–Crippen MR) is 57.3 cm³/mol. The summed E-state index contributed by atoms with van der Waals surface area (Å²) >= 11 is 5.68. The van der Waals surface area contributed by atoms with Crippen LogP contribution in [0.5, 0.6) is 5.75 Å². The van der Waals surface area contributed by atoms with Gasteiger partial charge >= 0.3 is 0 Å². The zero-order valence-electron chi connectivity index (χ0n) is 8.21. The highest BCUT2D eigenvalue weighted by molar-refractivity contribution is 6.32. The summed E-state index contributed by atoms with van der Waals surface area (Å²) in [7, 11) is 0. The van der Waals surface area contributed by atoms with Crippen molar-refractivity contribution in [3.8, 4) is 5.75 Å². The van der Waals surface area contributed by atoms with Crippen molar-refractivity contribution in [2.24, 2.45) is 11.7 Å². The van der Waals surface area contributed by atoms with E-state index in [0.29, 0.717) is 11.5 Å². The van der Waals surface area contributed by atoms with E-state index in [-0.39, 0.29) is 16.8 Å². The normalized spacial score (nSPS) is 18.6. The molecule has 1 aliphatic rings. The molecule has 1 atom stereocenters. The zero-order valence-corrected chi connectivity index (χ0v) is 8.97. The van der Waals surface area contributed by atoms with Gasteiger partial charge in [0.05, 0.1) is 5.02 Å². The fourth-order valence-corrected chi connectivity index (χ4v) is 2.11. The molecule has 1 aliphatic carbocycles. The van der Waals surface area contributed by atoms with E-state index in [9.17, 15) is 9.50 Å². The fraction of sp³-hybridized carbons (Fsp3) is 0.455. The number of nitrogens with two attached hydrogens (primary N) is 1. The minimum Gasteiger partial charge on any atom is -0.506 e. The number of halogens is 2. The molecule has 82 valence electrons. The van der Waals surface area contributed by atoms with Crippen molar-refractivity contribution in [3.05, 3.63) is 28.5 Å². The molecule has 0 heterocycles. The molecule has 0 bridgehead atoms. The molecule has 0 saturated heterocycles. The summed E-state index contributed by atoms with van der Waals surface area (Å²) in [6, 6.07) is 2.05. The Balaban J connectivity index is 2.33. The van der Waals surface area contributed by atoms with Crippen molar-refractivity contribution in [2.75, 3.05) is 0 Å². The molecule has 0 aromatic heterocycles. The molecule has 1 aromatic carbocycles. The lowest BCUT2D eigenvalue weighted by Crippen LogP contribution is -2.27. The number of phenolic OH excluding ortho intramolecular Hbond substituents is 1. The van der Waals surface area contributed by atoms with Crippen LogP contribution in [0.1, 0.15) is 30.9 Å². The highest BCUT2D eigenvalue weighted by Crippen LogP contribution is 2.41. The molecule has 15 heavy (non-hydrogen) atoms. The van der Waals surface area contributed by atoms with Gasteiger partial charge in [-0.15, -0.1) is 0 Å². The second kappa shape index (κ2) is 3.99. The number of aromatic hydroxyl groups is 1. The van der Waals surface area contributed by atoms with Gasteiger partial charge in [0.15, 0.2) is 0 Å². The maximum atomic E-state index is 13.1. The largest absolute Gasteiger partial charge is 0.506 e. The summed E-state index contributed by atoms with van der Waals surface area (Å²) in [5.74, 6) is -0.200. The first-order valence-corrected chi connectivity index (χ1v) is 5.41. The predicted octanol–water partition coefficient (Wildman–Crippen LogP) is 2.98. The third-order valence-electron chi connectivity index (χ3n) is 3.07. The number of benzene rings is 1. The van der Waals surface area contributed by atoms with E-state index in [1.165, 1.54) is 6.07 Å². The van der Waals surface area contributed by atoms with Gasteiger partial charge in [0, 0.05) is 11.6 Å². The van der Waals surface area contributed by atoms with Crippen LogP contribution in [0.25, 0.3) is 0 Å². The Morgan fingerprint density at radius 3 is 2.67 bits per heavy atom. The summed E-state index contributed by atoms with van der Waals surface area (Å²) in [5, 5.41) is 9.71. The Hall–Kier alpha value is -0.800. The molecule has 0 aliphatic heterocycles. The van der Waals surface area contributed by atoms with Crippen molar-refractivity contribution in [3.63, 3.8) is 0 Å². The van der Waals surface area contributed by atoms with Crippen LogP contribution in [-0.4, -0.2) is 5.11 Å². The summed E-state index contributed by atoms with van der Waals surface area (Å²) < 4.78 is 13.1. The number of phenols is 1. The second-order valence-electron chi connectivity index (χ2n) is 4.04. The summed E-state index contributed by atoms with van der Waals surface area (Å²) in [4.78, 5) is 0. The molecule has 1 aromatic rings. The van der Waals surface area contributed by atoms with Gasteiger partial charge in [-0.1, -0.05) is 18.0 Å². The molecule has 4 heteroatoms.